The summed E-state index contributed by atoms with van der Waals surface area (Å²) in [5.41, 5.74) is 6.78. The van der Waals surface area contributed by atoms with Crippen LogP contribution in [0.4, 0.5) is 0 Å². The standard InChI is InChI=1S/C7H6N4O/c8-7(12)4-1-10-5-2-9-3-11-6(4)5/h1-3H,(H2,8,12)(H,9,11). The number of carbonyl (C=O) groups is 1. The highest BCUT2D eigenvalue weighted by molar-refractivity contribution is 5.98. The quantitative estimate of drug-likeness (QED) is 0.619. The van der Waals surface area contributed by atoms with Crippen molar-refractivity contribution in [2.45, 2.75) is 0 Å². The van der Waals surface area contributed by atoms with E-state index in [9.17, 15) is 4.79 Å². The Hall–Kier alpha value is -1.91. The number of amides is 1. The average molecular weight is 162 g/mol. The van der Waals surface area contributed by atoms with Gasteiger partial charge in [-0.1, -0.05) is 0 Å². The number of primary amides is 1. The molecule has 0 radical (unpaired) electrons. The van der Waals surface area contributed by atoms with Crippen LogP contribution in [0.1, 0.15) is 10.4 Å². The smallest absolute Gasteiger partial charge is 0.252 e. The minimum Gasteiger partial charge on any atom is -0.365 e. The van der Waals surface area contributed by atoms with E-state index in [1.54, 1.807) is 6.20 Å². The number of H-pyrrole nitrogens is 1. The molecule has 2 heterocycles. The highest BCUT2D eigenvalue weighted by atomic mass is 16.1. The van der Waals surface area contributed by atoms with E-state index < -0.39 is 5.91 Å². The van der Waals surface area contributed by atoms with Crippen LogP contribution >= 0.6 is 0 Å². The Morgan fingerprint density at radius 3 is 3.08 bits per heavy atom. The van der Waals surface area contributed by atoms with Gasteiger partial charge in [-0.25, -0.2) is 4.98 Å². The van der Waals surface area contributed by atoms with E-state index in [0.29, 0.717) is 17.0 Å². The summed E-state index contributed by atoms with van der Waals surface area (Å²) in [4.78, 5) is 21.4. The maximum absolute atomic E-state index is 10.8. The summed E-state index contributed by atoms with van der Waals surface area (Å²) >= 11 is 0. The van der Waals surface area contributed by atoms with Crippen molar-refractivity contribution in [3.63, 3.8) is 0 Å². The third-order valence-corrected chi connectivity index (χ3v) is 1.60. The molecular formula is C7H6N4O. The van der Waals surface area contributed by atoms with Gasteiger partial charge in [-0.15, -0.1) is 0 Å². The maximum Gasteiger partial charge on any atom is 0.252 e. The van der Waals surface area contributed by atoms with Crippen LogP contribution in [0, 0.1) is 0 Å². The Morgan fingerprint density at radius 1 is 1.50 bits per heavy atom. The molecule has 1 amide bonds. The largest absolute Gasteiger partial charge is 0.365 e. The van der Waals surface area contributed by atoms with Crippen LogP contribution in [0.2, 0.25) is 0 Å². The maximum atomic E-state index is 10.8. The molecule has 5 heteroatoms. The molecular weight excluding hydrogens is 156 g/mol. The number of carbonyl (C=O) groups excluding carboxylic acids is 1. The van der Waals surface area contributed by atoms with Gasteiger partial charge < -0.3 is 10.7 Å². The highest BCUT2D eigenvalue weighted by Crippen LogP contribution is 2.19. The Kier molecular flexibility index (Phi) is 1.30. The molecule has 0 unspecified atom stereocenters. The van der Waals surface area contributed by atoms with Crippen molar-refractivity contribution in [1.82, 2.24) is 15.0 Å². The van der Waals surface area contributed by atoms with E-state index in [2.05, 4.69) is 15.0 Å². The number of aromatic nitrogens is 3. The Labute approximate surface area is 68.0 Å². The zero-order chi connectivity index (χ0) is 8.55. The van der Waals surface area contributed by atoms with Crippen LogP contribution in [0.5, 0.6) is 0 Å². The van der Waals surface area contributed by atoms with Gasteiger partial charge in [0.25, 0.3) is 5.91 Å². The summed E-state index contributed by atoms with van der Waals surface area (Å²) in [7, 11) is 0. The van der Waals surface area contributed by atoms with E-state index in [0.717, 1.165) is 0 Å². The summed E-state index contributed by atoms with van der Waals surface area (Å²) in [6.07, 6.45) is 4.49. The molecule has 0 bridgehead atoms. The van der Waals surface area contributed by atoms with Crippen LogP contribution in [0.3, 0.4) is 0 Å². The Bertz CT molecular complexity index is 394. The molecule has 0 saturated carbocycles. The molecule has 0 fully saturated rings. The first-order chi connectivity index (χ1) is 5.79. The normalized spacial score (nSPS) is 10.3. The minimum atomic E-state index is -0.486. The lowest BCUT2D eigenvalue weighted by Gasteiger charge is -1.96. The van der Waals surface area contributed by atoms with Crippen molar-refractivity contribution in [2.75, 3.05) is 0 Å². The second-order valence-corrected chi connectivity index (χ2v) is 2.35. The lowest BCUT2D eigenvalue weighted by atomic mass is 10.2. The number of nitrogens with zero attached hydrogens (tertiary/aromatic N) is 2. The number of aromatic amines is 1. The van der Waals surface area contributed by atoms with Crippen molar-refractivity contribution in [2.24, 2.45) is 5.73 Å². The zero-order valence-electron chi connectivity index (χ0n) is 6.11. The summed E-state index contributed by atoms with van der Waals surface area (Å²) < 4.78 is 0. The Morgan fingerprint density at radius 2 is 2.33 bits per heavy atom. The molecule has 2 aliphatic heterocycles. The van der Waals surface area contributed by atoms with Crippen molar-refractivity contribution in [3.8, 4) is 11.4 Å². The lowest BCUT2D eigenvalue weighted by Crippen LogP contribution is -2.11. The first kappa shape index (κ1) is 6.78. The first-order valence-corrected chi connectivity index (χ1v) is 3.36. The molecule has 0 aromatic carbocycles. The van der Waals surface area contributed by atoms with E-state index in [-0.39, 0.29) is 0 Å². The van der Waals surface area contributed by atoms with E-state index >= 15 is 0 Å². The second kappa shape index (κ2) is 2.30. The fourth-order valence-electron chi connectivity index (χ4n) is 1.05. The number of rotatable bonds is 1. The molecule has 0 saturated heterocycles. The van der Waals surface area contributed by atoms with Gasteiger partial charge >= 0.3 is 0 Å². The van der Waals surface area contributed by atoms with Gasteiger partial charge in [0.15, 0.2) is 0 Å². The number of nitrogens with two attached hydrogens (primary N) is 1. The third kappa shape index (κ3) is 0.833. The molecule has 0 spiro atoms. The zero-order valence-corrected chi connectivity index (χ0v) is 6.11. The third-order valence-electron chi connectivity index (χ3n) is 1.60. The highest BCUT2D eigenvalue weighted by Gasteiger charge is 2.14. The van der Waals surface area contributed by atoms with Crippen molar-refractivity contribution in [1.29, 1.82) is 0 Å². The predicted octanol–water partition coefficient (Wildman–Crippen LogP) is 0.00840. The molecule has 2 rings (SSSR count). The molecule has 60 valence electrons. The minimum absolute atomic E-state index is 0.396. The van der Waals surface area contributed by atoms with Crippen molar-refractivity contribution < 1.29 is 4.79 Å². The number of hydrogen-bond acceptors (Lipinski definition) is 3. The Balaban J connectivity index is 2.67. The molecule has 0 aromatic heterocycles. The molecule has 5 nitrogen and oxygen atoms in total. The number of fused-ring (bicyclic) bond motifs is 1. The summed E-state index contributed by atoms with van der Waals surface area (Å²) in [6.45, 7) is 0. The summed E-state index contributed by atoms with van der Waals surface area (Å²) in [6, 6.07) is 0. The molecule has 3 N–H and O–H groups in total. The lowest BCUT2D eigenvalue weighted by molar-refractivity contribution is 0.100. The van der Waals surface area contributed by atoms with Gasteiger partial charge in [0.1, 0.15) is 5.69 Å². The van der Waals surface area contributed by atoms with Gasteiger partial charge in [0.2, 0.25) is 0 Å². The second-order valence-electron chi connectivity index (χ2n) is 2.35. The van der Waals surface area contributed by atoms with Crippen LogP contribution in [-0.2, 0) is 0 Å². The summed E-state index contributed by atoms with van der Waals surface area (Å²) in [5, 5.41) is 0. The number of hydrogen-bond donors (Lipinski definition) is 2. The molecule has 0 aliphatic carbocycles. The molecule has 12 heavy (non-hydrogen) atoms. The van der Waals surface area contributed by atoms with Crippen LogP contribution in [0.15, 0.2) is 18.7 Å². The van der Waals surface area contributed by atoms with Crippen molar-refractivity contribution in [3.05, 3.63) is 24.3 Å². The van der Waals surface area contributed by atoms with E-state index in [1.165, 1.54) is 12.5 Å². The average Bonchev–Trinajstić information content (AvgIpc) is 2.47. The van der Waals surface area contributed by atoms with Crippen LogP contribution < -0.4 is 5.73 Å². The monoisotopic (exact) mass is 162 g/mol. The van der Waals surface area contributed by atoms with Crippen LogP contribution in [0.25, 0.3) is 11.4 Å². The van der Waals surface area contributed by atoms with Gasteiger partial charge in [0, 0.05) is 6.20 Å². The molecule has 2 aliphatic rings. The van der Waals surface area contributed by atoms with E-state index in [4.69, 9.17) is 5.73 Å². The van der Waals surface area contributed by atoms with Gasteiger partial charge in [-0.3, -0.25) is 9.78 Å². The summed E-state index contributed by atoms with van der Waals surface area (Å²) in [5.74, 6) is -0.486. The predicted molar refractivity (Wildman–Crippen MR) is 41.5 cm³/mol. The fourth-order valence-corrected chi connectivity index (χ4v) is 1.05. The van der Waals surface area contributed by atoms with Crippen LogP contribution in [-0.4, -0.2) is 20.9 Å². The molecule has 0 aromatic rings. The fraction of sp³-hybridized carbons (Fsp3) is 0. The topological polar surface area (TPSA) is 84.7 Å². The van der Waals surface area contributed by atoms with Gasteiger partial charge in [-0.2, -0.15) is 0 Å². The first-order valence-electron chi connectivity index (χ1n) is 3.36. The molecule has 0 atom stereocenters. The van der Waals surface area contributed by atoms with Gasteiger partial charge in [0.05, 0.1) is 23.8 Å². The van der Waals surface area contributed by atoms with E-state index in [1.807, 2.05) is 0 Å². The SMILES string of the molecule is NC(=O)c1cnc2cnc[nH]c1-2. The number of nitrogens with one attached hydrogen (secondary N) is 1. The van der Waals surface area contributed by atoms with Crippen molar-refractivity contribution >= 4 is 5.91 Å². The van der Waals surface area contributed by atoms with Gasteiger partial charge in [-0.05, 0) is 0 Å².